The summed E-state index contributed by atoms with van der Waals surface area (Å²) in [6, 6.07) is 12.6. The van der Waals surface area contributed by atoms with Crippen LogP contribution < -0.4 is 0 Å². The molecule has 14 heavy (non-hydrogen) atoms. The zero-order valence-electron chi connectivity index (χ0n) is 7.83. The highest BCUT2D eigenvalue weighted by Crippen LogP contribution is 2.24. The third kappa shape index (κ3) is 1.49. The maximum absolute atomic E-state index is 9.45. The van der Waals surface area contributed by atoms with Crippen LogP contribution >= 0.6 is 0 Å². The molecule has 2 rings (SSSR count). The lowest BCUT2D eigenvalue weighted by Gasteiger charge is -2.04. The summed E-state index contributed by atoms with van der Waals surface area (Å²) in [6.45, 7) is 3.69. The molecule has 0 aliphatic heterocycles. The predicted molar refractivity (Wildman–Crippen MR) is 58.3 cm³/mol. The number of fused-ring (bicyclic) bond motifs is 1. The summed E-state index contributed by atoms with van der Waals surface area (Å²) in [4.78, 5) is 0. The van der Waals surface area contributed by atoms with E-state index in [1.165, 1.54) is 0 Å². The van der Waals surface area contributed by atoms with Crippen molar-refractivity contribution in [1.82, 2.24) is 0 Å². The van der Waals surface area contributed by atoms with E-state index in [4.69, 9.17) is 0 Å². The molecule has 1 nitrogen and oxygen atoms in total. The van der Waals surface area contributed by atoms with E-state index in [0.29, 0.717) is 0 Å². The Hall–Kier alpha value is -1.76. The molecule has 0 atom stereocenters. The van der Waals surface area contributed by atoms with Crippen molar-refractivity contribution in [3.63, 3.8) is 0 Å². The molecule has 0 heterocycles. The van der Waals surface area contributed by atoms with Crippen LogP contribution in [0.5, 0.6) is 5.75 Å². The van der Waals surface area contributed by atoms with Gasteiger partial charge in [-0.15, -0.1) is 6.58 Å². The third-order valence-corrected chi connectivity index (χ3v) is 2.21. The molecule has 0 unspecified atom stereocenters. The van der Waals surface area contributed by atoms with Crippen LogP contribution in [0.15, 0.2) is 43.0 Å². The lowest BCUT2D eigenvalue weighted by molar-refractivity contribution is 0.474. The smallest absolute Gasteiger partial charge is 0.124 e. The van der Waals surface area contributed by atoms with Gasteiger partial charge < -0.3 is 5.11 Å². The quantitative estimate of drug-likeness (QED) is 0.709. The number of hydrogen-bond donors (Lipinski definition) is 1. The second-order valence-electron chi connectivity index (χ2n) is 3.21. The van der Waals surface area contributed by atoms with Crippen molar-refractivity contribution in [2.24, 2.45) is 0 Å². The van der Waals surface area contributed by atoms with Gasteiger partial charge in [0.1, 0.15) is 5.75 Å². The summed E-state index contributed by atoms with van der Waals surface area (Å²) in [5.41, 5.74) is 0.996. The van der Waals surface area contributed by atoms with Crippen molar-refractivity contribution < 1.29 is 5.11 Å². The van der Waals surface area contributed by atoms with Crippen LogP contribution in [-0.4, -0.2) is 5.11 Å². The van der Waals surface area contributed by atoms with Crippen molar-refractivity contribution in [2.75, 3.05) is 0 Å². The molecule has 1 radical (unpaired) electrons. The summed E-state index contributed by atoms with van der Waals surface area (Å²) in [6.07, 6.45) is 2.55. The number of phenols is 1. The molecule has 0 aliphatic rings. The normalized spacial score (nSPS) is 10.3. The summed E-state index contributed by atoms with van der Waals surface area (Å²) in [5, 5.41) is 11.6. The van der Waals surface area contributed by atoms with E-state index in [-0.39, 0.29) is 5.75 Å². The Balaban J connectivity index is 2.73. The van der Waals surface area contributed by atoms with Gasteiger partial charge in [0, 0.05) is 6.07 Å². The molecule has 0 aromatic heterocycles. The second-order valence-corrected chi connectivity index (χ2v) is 3.21. The van der Waals surface area contributed by atoms with Crippen LogP contribution in [0.3, 0.4) is 0 Å². The summed E-state index contributed by atoms with van der Waals surface area (Å²) < 4.78 is 0. The van der Waals surface area contributed by atoms with Crippen LogP contribution in [0.4, 0.5) is 0 Å². The minimum absolute atomic E-state index is 0.195. The van der Waals surface area contributed by atoms with E-state index in [1.807, 2.05) is 30.3 Å². The number of hydrogen-bond acceptors (Lipinski definition) is 1. The maximum atomic E-state index is 9.45. The molecule has 0 saturated carbocycles. The SMILES string of the molecule is C=CCc1[c]c(O)cc2ccccc12. The van der Waals surface area contributed by atoms with Gasteiger partial charge >= 0.3 is 0 Å². The Bertz CT molecular complexity index is 472. The molecule has 1 N–H and O–H groups in total. The molecule has 0 saturated heterocycles. The molecule has 69 valence electrons. The average molecular weight is 183 g/mol. The van der Waals surface area contributed by atoms with Gasteiger partial charge in [0.2, 0.25) is 0 Å². The predicted octanol–water partition coefficient (Wildman–Crippen LogP) is 3.07. The monoisotopic (exact) mass is 183 g/mol. The summed E-state index contributed by atoms with van der Waals surface area (Å²) >= 11 is 0. The number of phenolic OH excluding ortho intramolecular Hbond substituents is 1. The van der Waals surface area contributed by atoms with Gasteiger partial charge in [0.05, 0.1) is 0 Å². The minimum atomic E-state index is 0.195. The first-order valence-corrected chi connectivity index (χ1v) is 4.55. The fourth-order valence-corrected chi connectivity index (χ4v) is 1.61. The fraction of sp³-hybridized carbons (Fsp3) is 0.0769. The Labute approximate surface area is 83.3 Å². The average Bonchev–Trinajstić information content (AvgIpc) is 2.18. The molecule has 0 aliphatic carbocycles. The first-order chi connectivity index (χ1) is 6.81. The van der Waals surface area contributed by atoms with E-state index < -0.39 is 0 Å². The third-order valence-electron chi connectivity index (χ3n) is 2.21. The Morgan fingerprint density at radius 1 is 1.36 bits per heavy atom. The topological polar surface area (TPSA) is 20.2 Å². The molecule has 2 aromatic carbocycles. The van der Waals surface area contributed by atoms with Gasteiger partial charge in [0.15, 0.2) is 0 Å². The highest BCUT2D eigenvalue weighted by atomic mass is 16.3. The standard InChI is InChI=1S/C13H11O/c1-2-5-10-8-12(14)9-11-6-3-4-7-13(10)11/h2-4,6-7,9,14H,1,5H2. The first kappa shape index (κ1) is 8.82. The number of rotatable bonds is 2. The number of aromatic hydroxyl groups is 1. The number of allylic oxidation sites excluding steroid dienone is 1. The van der Waals surface area contributed by atoms with E-state index in [0.717, 1.165) is 22.8 Å². The number of benzene rings is 2. The highest BCUT2D eigenvalue weighted by Gasteiger charge is 2.01. The molecule has 0 fully saturated rings. The molecule has 2 aromatic rings. The molecular weight excluding hydrogens is 172 g/mol. The Kier molecular flexibility index (Phi) is 2.23. The lowest BCUT2D eigenvalue weighted by Crippen LogP contribution is -1.84. The van der Waals surface area contributed by atoms with Gasteiger partial charge in [0.25, 0.3) is 0 Å². The van der Waals surface area contributed by atoms with Crippen LogP contribution in [0.1, 0.15) is 5.56 Å². The van der Waals surface area contributed by atoms with Crippen molar-refractivity contribution in [3.05, 3.63) is 54.6 Å². The largest absolute Gasteiger partial charge is 0.507 e. The van der Waals surface area contributed by atoms with Crippen LogP contribution in [0, 0.1) is 6.07 Å². The minimum Gasteiger partial charge on any atom is -0.507 e. The van der Waals surface area contributed by atoms with Gasteiger partial charge in [-0.1, -0.05) is 30.3 Å². The zero-order chi connectivity index (χ0) is 9.97. The van der Waals surface area contributed by atoms with Gasteiger partial charge in [-0.05, 0) is 28.8 Å². The molecule has 0 spiro atoms. The van der Waals surface area contributed by atoms with Gasteiger partial charge in [-0.2, -0.15) is 0 Å². The highest BCUT2D eigenvalue weighted by molar-refractivity contribution is 5.87. The van der Waals surface area contributed by atoms with E-state index >= 15 is 0 Å². The van der Waals surface area contributed by atoms with Crippen molar-refractivity contribution >= 4 is 10.8 Å². The lowest BCUT2D eigenvalue weighted by atomic mass is 10.0. The van der Waals surface area contributed by atoms with Crippen LogP contribution in [-0.2, 0) is 6.42 Å². The van der Waals surface area contributed by atoms with Crippen LogP contribution in [0.25, 0.3) is 10.8 Å². The maximum Gasteiger partial charge on any atom is 0.124 e. The van der Waals surface area contributed by atoms with Crippen molar-refractivity contribution in [3.8, 4) is 5.75 Å². The van der Waals surface area contributed by atoms with Gasteiger partial charge in [-0.3, -0.25) is 0 Å². The first-order valence-electron chi connectivity index (χ1n) is 4.55. The fourth-order valence-electron chi connectivity index (χ4n) is 1.61. The van der Waals surface area contributed by atoms with Crippen molar-refractivity contribution in [1.29, 1.82) is 0 Å². The summed E-state index contributed by atoms with van der Waals surface area (Å²) in [7, 11) is 0. The molecule has 0 amide bonds. The molecule has 1 heteroatoms. The second kappa shape index (κ2) is 3.54. The van der Waals surface area contributed by atoms with Crippen molar-refractivity contribution in [2.45, 2.75) is 6.42 Å². The van der Waals surface area contributed by atoms with E-state index in [1.54, 1.807) is 6.07 Å². The Morgan fingerprint density at radius 3 is 2.93 bits per heavy atom. The van der Waals surface area contributed by atoms with Gasteiger partial charge in [-0.25, -0.2) is 0 Å². The summed E-state index contributed by atoms with van der Waals surface area (Å²) in [5.74, 6) is 0.195. The molecular formula is C13H11O. The van der Waals surface area contributed by atoms with E-state index in [9.17, 15) is 5.11 Å². The Morgan fingerprint density at radius 2 is 2.14 bits per heavy atom. The van der Waals surface area contributed by atoms with Crippen LogP contribution in [0.2, 0.25) is 0 Å². The van der Waals surface area contributed by atoms with E-state index in [2.05, 4.69) is 12.6 Å². The molecule has 0 bridgehead atoms. The zero-order valence-corrected chi connectivity index (χ0v) is 7.83.